The molecule has 0 aliphatic carbocycles. The maximum Gasteiger partial charge on any atom is 0.239 e. The van der Waals surface area contributed by atoms with Crippen LogP contribution in [0.5, 0.6) is 11.5 Å². The molecule has 1 aromatic heterocycles. The molecule has 0 radical (unpaired) electrons. The fourth-order valence-electron chi connectivity index (χ4n) is 1.79. The zero-order chi connectivity index (χ0) is 17.0. The van der Waals surface area contributed by atoms with Gasteiger partial charge in [0.15, 0.2) is 9.84 Å². The molecule has 0 aliphatic heterocycles. The number of thiophene rings is 1. The number of anilines is 1. The lowest BCUT2D eigenvalue weighted by Gasteiger charge is -2.09. The van der Waals surface area contributed by atoms with Crippen LogP contribution in [0.1, 0.15) is 0 Å². The van der Waals surface area contributed by atoms with Gasteiger partial charge in [0.05, 0.1) is 18.6 Å². The highest BCUT2D eigenvalue weighted by Gasteiger charge is 2.21. The third-order valence-corrected chi connectivity index (χ3v) is 6.24. The first kappa shape index (κ1) is 17.6. The summed E-state index contributed by atoms with van der Waals surface area (Å²) in [5, 5.41) is 2.52. The number of halogens is 1. The molecular formula is C14H14ClNO5S2. The Labute approximate surface area is 142 Å². The fraction of sp³-hybridized carbons (Fsp3) is 0.214. The zero-order valence-electron chi connectivity index (χ0n) is 12.3. The molecule has 2 aromatic rings. The number of nitrogens with one attached hydrogen (secondary N) is 1. The third-order valence-electron chi connectivity index (χ3n) is 2.81. The van der Waals surface area contributed by atoms with Crippen LogP contribution in [0.15, 0.2) is 34.5 Å². The van der Waals surface area contributed by atoms with Crippen molar-refractivity contribution < 1.29 is 22.7 Å². The van der Waals surface area contributed by atoms with Crippen molar-refractivity contribution in [1.29, 1.82) is 0 Å². The Balaban J connectivity index is 2.13. The predicted molar refractivity (Wildman–Crippen MR) is 89.6 cm³/mol. The van der Waals surface area contributed by atoms with Crippen LogP contribution >= 0.6 is 22.9 Å². The predicted octanol–water partition coefficient (Wildman–Crippen LogP) is 2.83. The van der Waals surface area contributed by atoms with Crippen molar-refractivity contribution in [2.24, 2.45) is 0 Å². The van der Waals surface area contributed by atoms with Crippen molar-refractivity contribution in [3.63, 3.8) is 0 Å². The largest absolute Gasteiger partial charge is 0.497 e. The molecule has 0 spiro atoms. The lowest BCUT2D eigenvalue weighted by Crippen LogP contribution is -2.22. The van der Waals surface area contributed by atoms with Crippen LogP contribution in [0.4, 0.5) is 5.69 Å². The van der Waals surface area contributed by atoms with Crippen molar-refractivity contribution in [3.05, 3.63) is 34.7 Å². The average Bonchev–Trinajstić information content (AvgIpc) is 2.93. The maximum atomic E-state index is 12.1. The number of ether oxygens (including phenoxy) is 2. The van der Waals surface area contributed by atoms with Gasteiger partial charge in [0.1, 0.15) is 21.5 Å². The molecule has 1 amide bonds. The number of carbonyl (C=O) groups is 1. The van der Waals surface area contributed by atoms with Crippen LogP contribution in [0.25, 0.3) is 0 Å². The van der Waals surface area contributed by atoms with Gasteiger partial charge in [-0.15, -0.1) is 11.3 Å². The fourth-order valence-corrected chi connectivity index (χ4v) is 4.49. The van der Waals surface area contributed by atoms with Gasteiger partial charge in [-0.3, -0.25) is 4.79 Å². The number of benzene rings is 1. The standard InChI is InChI=1S/C14H14ClNO5S2/c1-20-10-5-9(6-11(7-10)21-2)16-13(17)8-23(18,19)14-4-3-12(15)22-14/h3-7H,8H2,1-2H3,(H,16,17). The van der Waals surface area contributed by atoms with E-state index in [-0.39, 0.29) is 4.21 Å². The number of carbonyl (C=O) groups excluding carboxylic acids is 1. The van der Waals surface area contributed by atoms with E-state index in [2.05, 4.69) is 5.32 Å². The highest BCUT2D eigenvalue weighted by molar-refractivity contribution is 7.94. The molecule has 23 heavy (non-hydrogen) atoms. The van der Waals surface area contributed by atoms with E-state index in [9.17, 15) is 13.2 Å². The van der Waals surface area contributed by atoms with Crippen LogP contribution in [0.3, 0.4) is 0 Å². The average molecular weight is 376 g/mol. The lowest BCUT2D eigenvalue weighted by atomic mass is 10.2. The van der Waals surface area contributed by atoms with Gasteiger partial charge in [-0.25, -0.2) is 8.42 Å². The van der Waals surface area contributed by atoms with Gasteiger partial charge in [0.25, 0.3) is 0 Å². The second-order valence-electron chi connectivity index (χ2n) is 4.47. The molecule has 0 unspecified atom stereocenters. The molecule has 1 N–H and O–H groups in total. The monoisotopic (exact) mass is 375 g/mol. The lowest BCUT2D eigenvalue weighted by molar-refractivity contribution is -0.113. The van der Waals surface area contributed by atoms with E-state index in [1.165, 1.54) is 26.4 Å². The minimum Gasteiger partial charge on any atom is -0.497 e. The minimum atomic E-state index is -3.73. The molecule has 0 saturated carbocycles. The van der Waals surface area contributed by atoms with Crippen LogP contribution < -0.4 is 14.8 Å². The molecule has 0 fully saturated rings. The smallest absolute Gasteiger partial charge is 0.239 e. The van der Waals surface area contributed by atoms with E-state index in [4.69, 9.17) is 21.1 Å². The number of hydrogen-bond donors (Lipinski definition) is 1. The van der Waals surface area contributed by atoms with Gasteiger partial charge in [-0.05, 0) is 12.1 Å². The van der Waals surface area contributed by atoms with Gasteiger partial charge in [0, 0.05) is 23.9 Å². The summed E-state index contributed by atoms with van der Waals surface area (Å²) in [5.74, 6) is -0.381. The number of methoxy groups -OCH3 is 2. The second kappa shape index (κ2) is 7.20. The summed E-state index contributed by atoms with van der Waals surface area (Å²) in [6.07, 6.45) is 0. The number of sulfone groups is 1. The quantitative estimate of drug-likeness (QED) is 0.839. The van der Waals surface area contributed by atoms with Crippen LogP contribution in [0.2, 0.25) is 4.34 Å². The van der Waals surface area contributed by atoms with Crippen molar-refractivity contribution in [3.8, 4) is 11.5 Å². The van der Waals surface area contributed by atoms with Crippen molar-refractivity contribution >= 4 is 44.4 Å². The zero-order valence-corrected chi connectivity index (χ0v) is 14.7. The first-order valence-corrected chi connectivity index (χ1v) is 9.20. The molecule has 9 heteroatoms. The van der Waals surface area contributed by atoms with E-state index in [0.717, 1.165) is 11.3 Å². The highest BCUT2D eigenvalue weighted by atomic mass is 35.5. The summed E-state index contributed by atoms with van der Waals surface area (Å²) in [7, 11) is -0.776. The van der Waals surface area contributed by atoms with Crippen LogP contribution in [-0.2, 0) is 14.6 Å². The summed E-state index contributed by atoms with van der Waals surface area (Å²) >= 11 is 6.64. The van der Waals surface area contributed by atoms with Crippen molar-refractivity contribution in [1.82, 2.24) is 0 Å². The molecule has 6 nitrogen and oxygen atoms in total. The van der Waals surface area contributed by atoms with Gasteiger partial charge >= 0.3 is 0 Å². The number of amides is 1. The molecular weight excluding hydrogens is 362 g/mol. The van der Waals surface area contributed by atoms with E-state index in [0.29, 0.717) is 21.5 Å². The van der Waals surface area contributed by atoms with Crippen molar-refractivity contribution in [2.75, 3.05) is 25.3 Å². The summed E-state index contributed by atoms with van der Waals surface area (Å²) in [5.41, 5.74) is 0.380. The van der Waals surface area contributed by atoms with Gasteiger partial charge < -0.3 is 14.8 Å². The van der Waals surface area contributed by atoms with Gasteiger partial charge in [-0.1, -0.05) is 11.6 Å². The summed E-state index contributed by atoms with van der Waals surface area (Å²) < 4.78 is 34.9. The topological polar surface area (TPSA) is 81.7 Å². The van der Waals surface area contributed by atoms with Crippen molar-refractivity contribution in [2.45, 2.75) is 4.21 Å². The first-order chi connectivity index (χ1) is 10.8. The molecule has 1 aromatic carbocycles. The minimum absolute atomic E-state index is 0.0564. The van der Waals surface area contributed by atoms with E-state index >= 15 is 0 Å². The first-order valence-electron chi connectivity index (χ1n) is 6.35. The van der Waals surface area contributed by atoms with E-state index in [1.54, 1.807) is 18.2 Å². The Morgan fingerprint density at radius 1 is 1.17 bits per heavy atom. The van der Waals surface area contributed by atoms with E-state index in [1.807, 2.05) is 0 Å². The number of rotatable bonds is 6. The summed E-state index contributed by atoms with van der Waals surface area (Å²) in [6.45, 7) is 0. The normalized spacial score (nSPS) is 11.1. The Morgan fingerprint density at radius 2 is 1.78 bits per heavy atom. The SMILES string of the molecule is COc1cc(NC(=O)CS(=O)(=O)c2ccc(Cl)s2)cc(OC)c1. The Morgan fingerprint density at radius 3 is 2.26 bits per heavy atom. The molecule has 124 valence electrons. The van der Waals surface area contributed by atoms with Crippen LogP contribution in [0, 0.1) is 0 Å². The highest BCUT2D eigenvalue weighted by Crippen LogP contribution is 2.28. The summed E-state index contributed by atoms with van der Waals surface area (Å²) in [6, 6.07) is 7.62. The molecule has 0 bridgehead atoms. The molecule has 1 heterocycles. The van der Waals surface area contributed by atoms with Gasteiger partial charge in [-0.2, -0.15) is 0 Å². The molecule has 2 rings (SSSR count). The third kappa shape index (κ3) is 4.60. The van der Waals surface area contributed by atoms with E-state index < -0.39 is 21.5 Å². The molecule has 0 atom stereocenters. The number of hydrogen-bond acceptors (Lipinski definition) is 6. The molecule has 0 saturated heterocycles. The maximum absolute atomic E-state index is 12.1. The Kier molecular flexibility index (Phi) is 5.51. The Bertz CT molecular complexity index is 794. The second-order valence-corrected chi connectivity index (χ2v) is 8.40. The van der Waals surface area contributed by atoms with Crippen LogP contribution in [-0.4, -0.2) is 34.3 Å². The van der Waals surface area contributed by atoms with Gasteiger partial charge in [0.2, 0.25) is 5.91 Å². The molecule has 0 aliphatic rings. The summed E-state index contributed by atoms with van der Waals surface area (Å²) in [4.78, 5) is 12.0. The Hall–Kier alpha value is -1.77.